The first-order valence-corrected chi connectivity index (χ1v) is 5.88. The number of nitrogens with zero attached hydrogens (tertiary/aromatic N) is 3. The van der Waals surface area contributed by atoms with Crippen molar-refractivity contribution in [1.82, 2.24) is 9.55 Å². The lowest BCUT2D eigenvalue weighted by Gasteiger charge is -2.00. The molecule has 96 valence electrons. The first-order valence-electron chi connectivity index (χ1n) is 5.07. The Balaban J connectivity index is 2.35. The average molecular weight is 270 g/mol. The van der Waals surface area contributed by atoms with Crippen LogP contribution < -0.4 is 5.32 Å². The second-order valence-electron chi connectivity index (χ2n) is 3.40. The molecule has 0 atom stereocenters. The summed E-state index contributed by atoms with van der Waals surface area (Å²) in [5, 5.41) is 13.5. The second kappa shape index (κ2) is 4.61. The van der Waals surface area contributed by atoms with E-state index in [-0.39, 0.29) is 17.4 Å². The van der Waals surface area contributed by atoms with Crippen molar-refractivity contribution in [2.75, 3.05) is 11.9 Å². The Morgan fingerprint density at radius 3 is 3.06 bits per heavy atom. The van der Waals surface area contributed by atoms with Crippen LogP contribution in [0.3, 0.4) is 0 Å². The second-order valence-corrected chi connectivity index (χ2v) is 4.40. The van der Waals surface area contributed by atoms with E-state index in [4.69, 9.17) is 4.74 Å². The van der Waals surface area contributed by atoms with Crippen LogP contribution in [0.4, 0.5) is 15.6 Å². The van der Waals surface area contributed by atoms with Gasteiger partial charge < -0.3 is 9.30 Å². The van der Waals surface area contributed by atoms with Crippen molar-refractivity contribution in [1.29, 1.82) is 0 Å². The number of hydrogen-bond donors (Lipinski definition) is 1. The van der Waals surface area contributed by atoms with Crippen molar-refractivity contribution >= 4 is 38.6 Å². The summed E-state index contributed by atoms with van der Waals surface area (Å²) in [7, 11) is 1.66. The highest BCUT2D eigenvalue weighted by molar-refractivity contribution is 7.22. The van der Waals surface area contributed by atoms with E-state index in [1.165, 1.54) is 6.20 Å². The van der Waals surface area contributed by atoms with Gasteiger partial charge in [0.1, 0.15) is 0 Å². The molecule has 0 spiro atoms. The van der Waals surface area contributed by atoms with Gasteiger partial charge in [-0.05, 0) is 6.92 Å². The van der Waals surface area contributed by atoms with Gasteiger partial charge in [0.2, 0.25) is 0 Å². The van der Waals surface area contributed by atoms with Crippen molar-refractivity contribution in [3.05, 3.63) is 16.3 Å². The highest BCUT2D eigenvalue weighted by Crippen LogP contribution is 2.34. The van der Waals surface area contributed by atoms with E-state index in [0.29, 0.717) is 10.3 Å². The van der Waals surface area contributed by atoms with Crippen LogP contribution in [0.25, 0.3) is 10.3 Å². The number of carbonyl (C=O) groups excluding carboxylic acids is 1. The third kappa shape index (κ3) is 2.12. The Morgan fingerprint density at radius 1 is 1.72 bits per heavy atom. The summed E-state index contributed by atoms with van der Waals surface area (Å²) in [6.07, 6.45) is 0.765. The van der Waals surface area contributed by atoms with E-state index in [9.17, 15) is 14.9 Å². The van der Waals surface area contributed by atoms with E-state index in [1.807, 2.05) is 0 Å². The molecule has 0 saturated carbocycles. The summed E-state index contributed by atoms with van der Waals surface area (Å²) in [4.78, 5) is 25.7. The molecule has 0 saturated heterocycles. The van der Waals surface area contributed by atoms with Crippen molar-refractivity contribution in [3.8, 4) is 0 Å². The topological polar surface area (TPSA) is 99.3 Å². The molecule has 0 aliphatic rings. The number of thiazole rings is 1. The molecule has 0 fully saturated rings. The summed E-state index contributed by atoms with van der Waals surface area (Å²) in [5.74, 6) is 0. The SMILES string of the molecule is CCOC(=O)Nc1nc2c(s1)c([N+](=O)[O-])cn2C. The zero-order chi connectivity index (χ0) is 13.3. The van der Waals surface area contributed by atoms with E-state index >= 15 is 0 Å². The van der Waals surface area contributed by atoms with E-state index in [1.54, 1.807) is 18.5 Å². The monoisotopic (exact) mass is 270 g/mol. The molecule has 1 amide bonds. The van der Waals surface area contributed by atoms with Gasteiger partial charge in [0, 0.05) is 7.05 Å². The van der Waals surface area contributed by atoms with Gasteiger partial charge in [-0.15, -0.1) is 0 Å². The first-order chi connectivity index (χ1) is 8.52. The fourth-order valence-corrected chi connectivity index (χ4v) is 2.43. The van der Waals surface area contributed by atoms with Crippen molar-refractivity contribution in [3.63, 3.8) is 0 Å². The molecule has 0 aliphatic carbocycles. The van der Waals surface area contributed by atoms with Gasteiger partial charge in [-0.2, -0.15) is 0 Å². The highest BCUT2D eigenvalue weighted by Gasteiger charge is 2.21. The van der Waals surface area contributed by atoms with E-state index in [0.717, 1.165) is 11.3 Å². The average Bonchev–Trinajstić information content (AvgIpc) is 2.79. The zero-order valence-electron chi connectivity index (χ0n) is 9.67. The Kier molecular flexibility index (Phi) is 3.15. The third-order valence-corrected chi connectivity index (χ3v) is 3.16. The molecule has 9 heteroatoms. The number of nitro groups is 1. The standard InChI is InChI=1S/C9H10N4O4S/c1-3-17-9(14)11-8-10-7-6(18-8)5(13(15)16)4-12(7)2/h4H,3H2,1-2H3,(H,10,11,14). The predicted molar refractivity (Wildman–Crippen MR) is 65.9 cm³/mol. The molecule has 0 unspecified atom stereocenters. The molecule has 18 heavy (non-hydrogen) atoms. The number of rotatable bonds is 3. The number of amides is 1. The van der Waals surface area contributed by atoms with Gasteiger partial charge >= 0.3 is 11.8 Å². The molecule has 2 rings (SSSR count). The molecule has 2 aromatic heterocycles. The van der Waals surface area contributed by atoms with Crippen LogP contribution in [-0.4, -0.2) is 27.2 Å². The normalized spacial score (nSPS) is 10.6. The molecule has 0 radical (unpaired) electrons. The minimum atomic E-state index is -0.626. The fraction of sp³-hybridized carbons (Fsp3) is 0.333. The fourth-order valence-electron chi connectivity index (χ4n) is 1.46. The molecule has 0 aromatic carbocycles. The third-order valence-electron chi connectivity index (χ3n) is 2.17. The number of aryl methyl sites for hydroxylation is 1. The molecular weight excluding hydrogens is 260 g/mol. The van der Waals surface area contributed by atoms with Gasteiger partial charge in [-0.3, -0.25) is 15.4 Å². The summed E-state index contributed by atoms with van der Waals surface area (Å²) < 4.78 is 6.67. The Bertz CT molecular complexity index is 617. The molecule has 0 bridgehead atoms. The number of aromatic nitrogens is 2. The predicted octanol–water partition coefficient (Wildman–Crippen LogP) is 2.11. The summed E-state index contributed by atoms with van der Waals surface area (Å²) in [5.41, 5.74) is 0.431. The Labute approximate surface area is 105 Å². The molecule has 2 aromatic rings. The maximum atomic E-state index is 11.2. The van der Waals surface area contributed by atoms with Crippen LogP contribution in [0, 0.1) is 10.1 Å². The van der Waals surface area contributed by atoms with Crippen LogP contribution in [0.2, 0.25) is 0 Å². The van der Waals surface area contributed by atoms with Crippen LogP contribution in [0.15, 0.2) is 6.20 Å². The van der Waals surface area contributed by atoms with Gasteiger partial charge in [0.15, 0.2) is 15.5 Å². The summed E-state index contributed by atoms with van der Waals surface area (Å²) >= 11 is 1.04. The van der Waals surface area contributed by atoms with Crippen LogP contribution >= 0.6 is 11.3 Å². The number of anilines is 1. The lowest BCUT2D eigenvalue weighted by atomic mass is 10.5. The smallest absolute Gasteiger partial charge is 0.413 e. The van der Waals surface area contributed by atoms with Crippen LogP contribution in [0.5, 0.6) is 0 Å². The van der Waals surface area contributed by atoms with Gasteiger partial charge in [-0.1, -0.05) is 11.3 Å². The number of fused-ring (bicyclic) bond motifs is 1. The number of hydrogen-bond acceptors (Lipinski definition) is 6. The molecule has 1 N–H and O–H groups in total. The van der Waals surface area contributed by atoms with Gasteiger partial charge in [-0.25, -0.2) is 9.78 Å². The molecule has 0 aliphatic heterocycles. The lowest BCUT2D eigenvalue weighted by Crippen LogP contribution is -2.12. The number of carbonyl (C=O) groups is 1. The largest absolute Gasteiger partial charge is 0.450 e. The Hall–Kier alpha value is -2.16. The van der Waals surface area contributed by atoms with Crippen LogP contribution in [-0.2, 0) is 11.8 Å². The van der Waals surface area contributed by atoms with E-state index < -0.39 is 11.0 Å². The van der Waals surface area contributed by atoms with Crippen molar-refractivity contribution < 1.29 is 14.5 Å². The maximum Gasteiger partial charge on any atom is 0.413 e. The Morgan fingerprint density at radius 2 is 2.44 bits per heavy atom. The zero-order valence-corrected chi connectivity index (χ0v) is 10.5. The van der Waals surface area contributed by atoms with Crippen molar-refractivity contribution in [2.45, 2.75) is 6.92 Å². The number of ether oxygens (including phenoxy) is 1. The number of nitrogens with one attached hydrogen (secondary N) is 1. The maximum absolute atomic E-state index is 11.2. The summed E-state index contributed by atoms with van der Waals surface area (Å²) in [6.45, 7) is 1.93. The first kappa shape index (κ1) is 12.3. The minimum Gasteiger partial charge on any atom is -0.450 e. The van der Waals surface area contributed by atoms with E-state index in [2.05, 4.69) is 10.3 Å². The van der Waals surface area contributed by atoms with Gasteiger partial charge in [0.25, 0.3) is 0 Å². The van der Waals surface area contributed by atoms with Crippen molar-refractivity contribution in [2.24, 2.45) is 7.05 Å². The minimum absolute atomic E-state index is 0.0260. The molecule has 8 nitrogen and oxygen atoms in total. The lowest BCUT2D eigenvalue weighted by molar-refractivity contribution is -0.383. The van der Waals surface area contributed by atoms with Crippen LogP contribution in [0.1, 0.15) is 6.92 Å². The van der Waals surface area contributed by atoms with Gasteiger partial charge in [0.05, 0.1) is 17.7 Å². The summed E-state index contributed by atoms with van der Waals surface area (Å²) in [6, 6.07) is 0. The highest BCUT2D eigenvalue weighted by atomic mass is 32.1. The molecular formula is C9H10N4O4S. The molecule has 2 heterocycles. The quantitative estimate of drug-likeness (QED) is 0.680.